The smallest absolute Gasteiger partial charge is 0.150 e. The van der Waals surface area contributed by atoms with Gasteiger partial charge in [0, 0.05) is 23.9 Å². The van der Waals surface area contributed by atoms with E-state index in [4.69, 9.17) is 11.6 Å². The second kappa shape index (κ2) is 8.43. The first-order chi connectivity index (χ1) is 9.07. The summed E-state index contributed by atoms with van der Waals surface area (Å²) in [4.78, 5) is 0. The number of anilines is 1. The van der Waals surface area contributed by atoms with Gasteiger partial charge in [-0.25, -0.2) is 8.42 Å². The van der Waals surface area contributed by atoms with Gasteiger partial charge >= 0.3 is 0 Å². The van der Waals surface area contributed by atoms with Crippen LogP contribution in [0, 0.1) is 0 Å². The minimum atomic E-state index is -2.85. The van der Waals surface area contributed by atoms with Crippen LogP contribution in [-0.4, -0.2) is 32.3 Å². The number of nitrogens with one attached hydrogen (secondary N) is 1. The molecule has 19 heavy (non-hydrogen) atoms. The molecule has 3 nitrogen and oxygen atoms in total. The van der Waals surface area contributed by atoms with Gasteiger partial charge in [0.15, 0.2) is 0 Å². The monoisotopic (exact) mass is 303 g/mol. The van der Waals surface area contributed by atoms with Crippen molar-refractivity contribution in [2.45, 2.75) is 26.2 Å². The van der Waals surface area contributed by atoms with E-state index in [-0.39, 0.29) is 11.5 Å². The largest absolute Gasteiger partial charge is 0.385 e. The summed E-state index contributed by atoms with van der Waals surface area (Å²) in [5, 5.41) is 3.26. The van der Waals surface area contributed by atoms with Crippen molar-refractivity contribution in [3.05, 3.63) is 29.8 Å². The third-order valence-corrected chi connectivity index (χ3v) is 4.98. The van der Waals surface area contributed by atoms with Crippen molar-refractivity contribution in [2.24, 2.45) is 0 Å². The Hall–Kier alpha value is -0.740. The molecule has 1 aromatic carbocycles. The highest BCUT2D eigenvalue weighted by atomic mass is 35.5. The maximum Gasteiger partial charge on any atom is 0.150 e. The van der Waals surface area contributed by atoms with E-state index in [0.29, 0.717) is 18.8 Å². The molecule has 0 bridgehead atoms. The minimum Gasteiger partial charge on any atom is -0.385 e. The third-order valence-electron chi connectivity index (χ3n) is 2.93. The molecule has 0 aromatic heterocycles. The van der Waals surface area contributed by atoms with Gasteiger partial charge in [0.1, 0.15) is 9.84 Å². The predicted molar refractivity (Wildman–Crippen MR) is 82.9 cm³/mol. The molecule has 108 valence electrons. The van der Waals surface area contributed by atoms with Crippen LogP contribution in [0.3, 0.4) is 0 Å². The van der Waals surface area contributed by atoms with E-state index in [9.17, 15) is 8.42 Å². The van der Waals surface area contributed by atoms with E-state index >= 15 is 0 Å². The van der Waals surface area contributed by atoms with Crippen LogP contribution in [-0.2, 0) is 16.3 Å². The summed E-state index contributed by atoms with van der Waals surface area (Å²) in [7, 11) is -2.85. The number of benzene rings is 1. The van der Waals surface area contributed by atoms with Crippen molar-refractivity contribution in [1.29, 1.82) is 0 Å². The van der Waals surface area contributed by atoms with Crippen LogP contribution >= 0.6 is 11.6 Å². The van der Waals surface area contributed by atoms with E-state index < -0.39 is 9.84 Å². The van der Waals surface area contributed by atoms with Crippen LogP contribution in [0.4, 0.5) is 5.69 Å². The average Bonchev–Trinajstić information content (AvgIpc) is 2.42. The molecular weight excluding hydrogens is 282 g/mol. The SMILES string of the molecule is CCS(=O)(=O)CCCNc1cccc(CCCCl)c1. The molecule has 0 aliphatic heterocycles. The number of halogens is 1. The fourth-order valence-electron chi connectivity index (χ4n) is 1.78. The van der Waals surface area contributed by atoms with Crippen LogP contribution < -0.4 is 5.32 Å². The Bertz CT molecular complexity index is 474. The molecule has 0 aliphatic carbocycles. The highest BCUT2D eigenvalue weighted by Crippen LogP contribution is 2.12. The predicted octanol–water partition coefficient (Wildman–Crippen LogP) is 3.09. The quantitative estimate of drug-likeness (QED) is 0.563. The minimum absolute atomic E-state index is 0.223. The molecule has 0 aliphatic rings. The van der Waals surface area contributed by atoms with Gasteiger partial charge in [-0.1, -0.05) is 19.1 Å². The van der Waals surface area contributed by atoms with Crippen molar-refractivity contribution >= 4 is 27.1 Å². The molecule has 1 aromatic rings. The topological polar surface area (TPSA) is 46.2 Å². The van der Waals surface area contributed by atoms with Crippen LogP contribution in [0.2, 0.25) is 0 Å². The van der Waals surface area contributed by atoms with Crippen molar-refractivity contribution in [2.75, 3.05) is 29.2 Å². The van der Waals surface area contributed by atoms with Crippen molar-refractivity contribution in [1.82, 2.24) is 0 Å². The Labute approximate surface area is 121 Å². The second-order valence-electron chi connectivity index (χ2n) is 4.51. The first kappa shape index (κ1) is 16.3. The summed E-state index contributed by atoms with van der Waals surface area (Å²) in [5.41, 5.74) is 2.30. The molecule has 5 heteroatoms. The normalized spacial score (nSPS) is 11.5. The number of hydrogen-bond acceptors (Lipinski definition) is 3. The number of alkyl halides is 1. The molecule has 0 fully saturated rings. The number of hydrogen-bond donors (Lipinski definition) is 1. The van der Waals surface area contributed by atoms with Crippen molar-refractivity contribution in [3.63, 3.8) is 0 Å². The molecule has 0 heterocycles. The molecule has 0 saturated heterocycles. The van der Waals surface area contributed by atoms with Crippen LogP contribution in [0.5, 0.6) is 0 Å². The zero-order chi connectivity index (χ0) is 14.1. The fourth-order valence-corrected chi connectivity index (χ4v) is 2.78. The number of sulfone groups is 1. The maximum absolute atomic E-state index is 11.3. The van der Waals surface area contributed by atoms with Gasteiger partial charge in [-0.05, 0) is 37.0 Å². The summed E-state index contributed by atoms with van der Waals surface area (Å²) in [5.74, 6) is 1.15. The van der Waals surface area contributed by atoms with E-state index in [0.717, 1.165) is 18.5 Å². The van der Waals surface area contributed by atoms with E-state index in [2.05, 4.69) is 17.4 Å². The highest BCUT2D eigenvalue weighted by Gasteiger charge is 2.06. The molecule has 0 unspecified atom stereocenters. The van der Waals surface area contributed by atoms with Gasteiger partial charge < -0.3 is 5.32 Å². The van der Waals surface area contributed by atoms with E-state index in [1.165, 1.54) is 5.56 Å². The zero-order valence-electron chi connectivity index (χ0n) is 11.4. The number of aryl methyl sites for hydroxylation is 1. The summed E-state index contributed by atoms with van der Waals surface area (Å²) >= 11 is 5.68. The van der Waals surface area contributed by atoms with E-state index in [1.807, 2.05) is 12.1 Å². The fraction of sp³-hybridized carbons (Fsp3) is 0.571. The molecule has 1 rings (SSSR count). The Morgan fingerprint density at radius 1 is 1.26 bits per heavy atom. The maximum atomic E-state index is 11.3. The van der Waals surface area contributed by atoms with Crippen LogP contribution in [0.15, 0.2) is 24.3 Å². The Balaban J connectivity index is 2.37. The summed E-state index contributed by atoms with van der Waals surface area (Å²) in [6, 6.07) is 8.19. The highest BCUT2D eigenvalue weighted by molar-refractivity contribution is 7.91. The van der Waals surface area contributed by atoms with Crippen molar-refractivity contribution in [3.8, 4) is 0 Å². The lowest BCUT2D eigenvalue weighted by atomic mass is 10.1. The molecule has 0 saturated carbocycles. The molecule has 1 N–H and O–H groups in total. The Kier molecular flexibility index (Phi) is 7.24. The van der Waals surface area contributed by atoms with Gasteiger partial charge in [0.2, 0.25) is 0 Å². The van der Waals surface area contributed by atoms with E-state index in [1.54, 1.807) is 6.92 Å². The van der Waals surface area contributed by atoms with Crippen LogP contribution in [0.1, 0.15) is 25.3 Å². The summed E-state index contributed by atoms with van der Waals surface area (Å²) in [6.07, 6.45) is 2.59. The van der Waals surface area contributed by atoms with Crippen molar-refractivity contribution < 1.29 is 8.42 Å². The van der Waals surface area contributed by atoms with Gasteiger partial charge in [-0.3, -0.25) is 0 Å². The number of rotatable bonds is 9. The Morgan fingerprint density at radius 2 is 2.05 bits per heavy atom. The van der Waals surface area contributed by atoms with Gasteiger partial charge in [-0.15, -0.1) is 11.6 Å². The second-order valence-corrected chi connectivity index (χ2v) is 7.36. The summed E-state index contributed by atoms with van der Waals surface area (Å²) < 4.78 is 22.7. The zero-order valence-corrected chi connectivity index (χ0v) is 12.9. The van der Waals surface area contributed by atoms with Gasteiger partial charge in [-0.2, -0.15) is 0 Å². The van der Waals surface area contributed by atoms with Gasteiger partial charge in [0.25, 0.3) is 0 Å². The molecular formula is C14H22ClNO2S. The lowest BCUT2D eigenvalue weighted by Crippen LogP contribution is -2.12. The third kappa shape index (κ3) is 6.83. The lowest BCUT2D eigenvalue weighted by Gasteiger charge is -2.08. The first-order valence-electron chi connectivity index (χ1n) is 6.66. The average molecular weight is 304 g/mol. The first-order valence-corrected chi connectivity index (χ1v) is 9.02. The molecule has 0 radical (unpaired) electrons. The molecule has 0 amide bonds. The summed E-state index contributed by atoms with van der Waals surface area (Å²) in [6.45, 7) is 2.36. The van der Waals surface area contributed by atoms with Gasteiger partial charge in [0.05, 0.1) is 5.75 Å². The molecule has 0 atom stereocenters. The van der Waals surface area contributed by atoms with Crippen LogP contribution in [0.25, 0.3) is 0 Å². The standard InChI is InChI=1S/C14H22ClNO2S/c1-2-19(17,18)11-5-10-16-14-8-3-6-13(12-14)7-4-9-15/h3,6,8,12,16H,2,4-5,7,9-11H2,1H3. The Morgan fingerprint density at radius 3 is 2.74 bits per heavy atom. The lowest BCUT2D eigenvalue weighted by molar-refractivity contribution is 0.595. The molecule has 0 spiro atoms.